The lowest BCUT2D eigenvalue weighted by molar-refractivity contribution is 0.102. The number of carbonyl (C=O) groups is 1. The van der Waals surface area contributed by atoms with Crippen molar-refractivity contribution in [2.24, 2.45) is 5.92 Å². The van der Waals surface area contributed by atoms with Crippen molar-refractivity contribution in [3.63, 3.8) is 0 Å². The van der Waals surface area contributed by atoms with Crippen molar-refractivity contribution in [2.45, 2.75) is 19.8 Å². The van der Waals surface area contributed by atoms with Gasteiger partial charge in [-0.1, -0.05) is 42.5 Å². The largest absolute Gasteiger partial charge is 0.492 e. The van der Waals surface area contributed by atoms with Crippen LogP contribution in [-0.2, 0) is 0 Å². The number of hydrogen-bond donors (Lipinski definition) is 1. The second-order valence-corrected chi connectivity index (χ2v) is 7.91. The van der Waals surface area contributed by atoms with Gasteiger partial charge in [0, 0.05) is 18.0 Å². The van der Waals surface area contributed by atoms with E-state index in [2.05, 4.69) is 44.4 Å². The highest BCUT2D eigenvalue weighted by Gasteiger charge is 2.23. The van der Waals surface area contributed by atoms with Crippen molar-refractivity contribution >= 4 is 27.5 Å². The van der Waals surface area contributed by atoms with Crippen LogP contribution in [-0.4, -0.2) is 17.5 Å². The average Bonchev–Trinajstić information content (AvgIpc) is 3.54. The van der Waals surface area contributed by atoms with Crippen LogP contribution in [0, 0.1) is 12.8 Å². The highest BCUT2D eigenvalue weighted by molar-refractivity contribution is 9.10. The van der Waals surface area contributed by atoms with Gasteiger partial charge < -0.3 is 10.1 Å². The minimum atomic E-state index is -0.253. The molecule has 1 aliphatic carbocycles. The zero-order chi connectivity index (χ0) is 19.5. The molecule has 4 nitrogen and oxygen atoms in total. The molecule has 0 unspecified atom stereocenters. The van der Waals surface area contributed by atoms with E-state index in [1.807, 2.05) is 37.3 Å². The molecule has 1 fully saturated rings. The number of amides is 1. The topological polar surface area (TPSA) is 51.2 Å². The van der Waals surface area contributed by atoms with E-state index in [-0.39, 0.29) is 5.91 Å². The normalized spacial score (nSPS) is 13.2. The predicted octanol–water partition coefficient (Wildman–Crippen LogP) is 5.86. The van der Waals surface area contributed by atoms with Gasteiger partial charge in [0.2, 0.25) is 0 Å². The number of nitrogens with one attached hydrogen (secondary N) is 1. The summed E-state index contributed by atoms with van der Waals surface area (Å²) in [6.07, 6.45) is 4.05. The smallest absolute Gasteiger partial charge is 0.274 e. The first kappa shape index (κ1) is 18.7. The molecule has 1 aliphatic rings. The summed E-state index contributed by atoms with van der Waals surface area (Å²) in [4.78, 5) is 17.0. The Morgan fingerprint density at radius 3 is 2.71 bits per heavy atom. The number of benzene rings is 2. The Balaban J connectivity index is 1.54. The van der Waals surface area contributed by atoms with Crippen molar-refractivity contribution in [1.82, 2.24) is 4.98 Å². The first-order valence-electron chi connectivity index (χ1n) is 9.36. The van der Waals surface area contributed by atoms with E-state index in [4.69, 9.17) is 4.74 Å². The Morgan fingerprint density at radius 2 is 1.96 bits per heavy atom. The summed E-state index contributed by atoms with van der Waals surface area (Å²) in [5.41, 5.74) is 4.34. The number of rotatable bonds is 6. The minimum absolute atomic E-state index is 0.253. The summed E-state index contributed by atoms with van der Waals surface area (Å²) in [5.74, 6) is 1.04. The van der Waals surface area contributed by atoms with E-state index in [9.17, 15) is 4.79 Å². The number of nitrogens with zero attached hydrogens (tertiary/aromatic N) is 1. The summed E-state index contributed by atoms with van der Waals surface area (Å²) >= 11 is 3.44. The van der Waals surface area contributed by atoms with Crippen LogP contribution in [0.15, 0.2) is 65.3 Å². The number of hydrogen-bond acceptors (Lipinski definition) is 3. The van der Waals surface area contributed by atoms with Crippen LogP contribution in [0.4, 0.5) is 5.69 Å². The highest BCUT2D eigenvalue weighted by atomic mass is 79.9. The molecule has 1 amide bonds. The molecule has 4 rings (SSSR count). The third-order valence-electron chi connectivity index (χ3n) is 4.89. The van der Waals surface area contributed by atoms with E-state index in [0.717, 1.165) is 26.9 Å². The molecule has 1 saturated carbocycles. The predicted molar refractivity (Wildman–Crippen MR) is 115 cm³/mol. The molecule has 1 aromatic heterocycles. The molecule has 1 N–H and O–H groups in total. The summed E-state index contributed by atoms with van der Waals surface area (Å²) in [6.45, 7) is 2.69. The van der Waals surface area contributed by atoms with Crippen LogP contribution in [0.1, 0.15) is 28.9 Å². The van der Waals surface area contributed by atoms with Crippen LogP contribution >= 0.6 is 15.9 Å². The maximum atomic E-state index is 12.8. The SMILES string of the molecule is Cc1c(NC(=O)c2cc(OCC3CC3)c(Br)cn2)cccc1-c1ccccc1. The van der Waals surface area contributed by atoms with Crippen LogP contribution in [0.2, 0.25) is 0 Å². The third-order valence-corrected chi connectivity index (χ3v) is 5.49. The van der Waals surface area contributed by atoms with Crippen molar-refractivity contribution in [3.05, 3.63) is 76.5 Å². The van der Waals surface area contributed by atoms with E-state index < -0.39 is 0 Å². The molecule has 28 heavy (non-hydrogen) atoms. The number of halogens is 1. The second kappa shape index (κ2) is 8.15. The van der Waals surface area contributed by atoms with Gasteiger partial charge in [-0.3, -0.25) is 4.79 Å². The van der Waals surface area contributed by atoms with E-state index in [1.165, 1.54) is 12.8 Å². The average molecular weight is 437 g/mol. The Kier molecular flexibility index (Phi) is 5.44. The second-order valence-electron chi connectivity index (χ2n) is 7.05. The zero-order valence-electron chi connectivity index (χ0n) is 15.6. The maximum Gasteiger partial charge on any atom is 0.274 e. The first-order chi connectivity index (χ1) is 13.6. The molecule has 0 bridgehead atoms. The van der Waals surface area contributed by atoms with Gasteiger partial charge in [-0.2, -0.15) is 0 Å². The first-order valence-corrected chi connectivity index (χ1v) is 10.2. The summed E-state index contributed by atoms with van der Waals surface area (Å²) < 4.78 is 6.59. The molecule has 2 aromatic carbocycles. The lowest BCUT2D eigenvalue weighted by atomic mass is 9.99. The fourth-order valence-electron chi connectivity index (χ4n) is 3.04. The third kappa shape index (κ3) is 4.25. The zero-order valence-corrected chi connectivity index (χ0v) is 17.2. The standard InChI is InChI=1S/C23H21BrN2O2/c1-15-18(17-6-3-2-4-7-17)8-5-9-20(15)26-23(27)21-12-22(19(24)13-25-21)28-14-16-10-11-16/h2-9,12-13,16H,10-11,14H2,1H3,(H,26,27). The summed E-state index contributed by atoms with van der Waals surface area (Å²) in [5, 5.41) is 2.99. The Bertz CT molecular complexity index is 1000. The number of pyridine rings is 1. The summed E-state index contributed by atoms with van der Waals surface area (Å²) in [6, 6.07) is 17.7. The number of aromatic nitrogens is 1. The maximum absolute atomic E-state index is 12.8. The summed E-state index contributed by atoms with van der Waals surface area (Å²) in [7, 11) is 0. The molecule has 3 aromatic rings. The van der Waals surface area contributed by atoms with Gasteiger partial charge in [-0.25, -0.2) is 4.98 Å². The minimum Gasteiger partial charge on any atom is -0.492 e. The van der Waals surface area contributed by atoms with Crippen molar-refractivity contribution in [2.75, 3.05) is 11.9 Å². The van der Waals surface area contributed by atoms with Crippen LogP contribution in [0.25, 0.3) is 11.1 Å². The molecule has 0 aliphatic heterocycles. The molecule has 0 atom stereocenters. The molecular formula is C23H21BrN2O2. The number of carbonyl (C=O) groups excluding carboxylic acids is 1. The lowest BCUT2D eigenvalue weighted by Crippen LogP contribution is -2.15. The Labute approximate surface area is 173 Å². The molecule has 0 spiro atoms. The fraction of sp³-hybridized carbons (Fsp3) is 0.217. The van der Waals surface area contributed by atoms with E-state index >= 15 is 0 Å². The Morgan fingerprint density at radius 1 is 1.18 bits per heavy atom. The van der Waals surface area contributed by atoms with Crippen molar-refractivity contribution in [1.29, 1.82) is 0 Å². The van der Waals surface area contributed by atoms with Crippen molar-refractivity contribution < 1.29 is 9.53 Å². The lowest BCUT2D eigenvalue weighted by Gasteiger charge is -2.13. The molecule has 0 radical (unpaired) electrons. The van der Waals surface area contributed by atoms with E-state index in [0.29, 0.717) is 24.0 Å². The van der Waals surface area contributed by atoms with Gasteiger partial charge in [0.15, 0.2) is 0 Å². The Hall–Kier alpha value is -2.66. The molecule has 1 heterocycles. The molecule has 0 saturated heterocycles. The van der Waals surface area contributed by atoms with Crippen LogP contribution in [0.5, 0.6) is 5.75 Å². The fourth-order valence-corrected chi connectivity index (χ4v) is 3.37. The van der Waals surface area contributed by atoms with Crippen molar-refractivity contribution in [3.8, 4) is 16.9 Å². The number of anilines is 1. The monoisotopic (exact) mass is 436 g/mol. The van der Waals surface area contributed by atoms with Gasteiger partial charge >= 0.3 is 0 Å². The van der Waals surface area contributed by atoms with Gasteiger partial charge in [0.1, 0.15) is 11.4 Å². The van der Waals surface area contributed by atoms with E-state index in [1.54, 1.807) is 12.3 Å². The molecule has 5 heteroatoms. The van der Waals surface area contributed by atoms with Crippen LogP contribution < -0.4 is 10.1 Å². The van der Waals surface area contributed by atoms with Gasteiger partial charge in [0.05, 0.1) is 11.1 Å². The van der Waals surface area contributed by atoms with Crippen LogP contribution in [0.3, 0.4) is 0 Å². The van der Waals surface area contributed by atoms with Gasteiger partial charge in [-0.05, 0) is 64.4 Å². The highest BCUT2D eigenvalue weighted by Crippen LogP contribution is 2.32. The van der Waals surface area contributed by atoms with Gasteiger partial charge in [-0.15, -0.1) is 0 Å². The molecular weight excluding hydrogens is 416 g/mol. The number of ether oxygens (including phenoxy) is 1. The quantitative estimate of drug-likeness (QED) is 0.526. The van der Waals surface area contributed by atoms with Gasteiger partial charge in [0.25, 0.3) is 5.91 Å². The molecule has 142 valence electrons.